The molecule has 37 heavy (non-hydrogen) atoms. The van der Waals surface area contributed by atoms with Crippen molar-refractivity contribution in [2.75, 3.05) is 16.0 Å². The van der Waals surface area contributed by atoms with Gasteiger partial charge in [0.25, 0.3) is 5.91 Å². The number of halogens is 1. The largest absolute Gasteiger partial charge is 0.324 e. The van der Waals surface area contributed by atoms with E-state index in [4.69, 9.17) is 0 Å². The Morgan fingerprint density at radius 2 is 2.00 bits per heavy atom. The third-order valence-electron chi connectivity index (χ3n) is 6.21. The Labute approximate surface area is 230 Å². The molecule has 1 aliphatic rings. The fraction of sp³-hybridized carbons (Fsp3) is 0.231. The number of alkyl halides is 1. The molecule has 0 bridgehead atoms. The van der Waals surface area contributed by atoms with Crippen molar-refractivity contribution < 1.29 is 9.59 Å². The van der Waals surface area contributed by atoms with Crippen molar-refractivity contribution in [3.8, 4) is 6.07 Å². The topological polar surface area (TPSA) is 133 Å². The third kappa shape index (κ3) is 5.12. The Bertz CT molecular complexity index is 1590. The normalized spacial score (nSPS) is 13.6. The number of hydrogen-bond acceptors (Lipinski definition) is 8. The summed E-state index contributed by atoms with van der Waals surface area (Å²) >= 11 is 3.51. The molecule has 0 saturated heterocycles. The van der Waals surface area contributed by atoms with Crippen LogP contribution in [0.15, 0.2) is 42.6 Å². The Morgan fingerprint density at radius 1 is 1.19 bits per heavy atom. The Morgan fingerprint density at radius 3 is 2.70 bits per heavy atom. The van der Waals surface area contributed by atoms with Crippen molar-refractivity contribution in [1.29, 1.82) is 5.26 Å². The number of aromatic nitrogens is 3. The van der Waals surface area contributed by atoms with Crippen LogP contribution in [-0.2, 0) is 14.6 Å². The number of hydrogen-bond donors (Lipinski definition) is 3. The van der Waals surface area contributed by atoms with Gasteiger partial charge < -0.3 is 16.0 Å². The lowest BCUT2D eigenvalue weighted by molar-refractivity contribution is -0.114. The van der Waals surface area contributed by atoms with Gasteiger partial charge in [0.1, 0.15) is 5.52 Å². The second-order valence-electron chi connectivity index (χ2n) is 8.85. The molecule has 3 N–H and O–H groups in total. The maximum absolute atomic E-state index is 13.3. The van der Waals surface area contributed by atoms with Crippen molar-refractivity contribution in [2.24, 2.45) is 0 Å². The second kappa shape index (κ2) is 10.0. The van der Waals surface area contributed by atoms with E-state index in [0.717, 1.165) is 35.2 Å². The number of amides is 2. The highest BCUT2D eigenvalue weighted by molar-refractivity contribution is 14.1. The molecule has 0 radical (unpaired) electrons. The van der Waals surface area contributed by atoms with E-state index in [-0.39, 0.29) is 11.8 Å². The first-order chi connectivity index (χ1) is 17.8. The maximum atomic E-state index is 13.3. The van der Waals surface area contributed by atoms with Gasteiger partial charge in [-0.05, 0) is 54.7 Å². The molecule has 2 heterocycles. The van der Waals surface area contributed by atoms with Crippen molar-refractivity contribution in [2.45, 2.75) is 36.5 Å². The van der Waals surface area contributed by atoms with E-state index in [1.165, 1.54) is 18.3 Å². The van der Waals surface area contributed by atoms with Crippen LogP contribution in [0, 0.1) is 18.3 Å². The molecule has 0 spiro atoms. The van der Waals surface area contributed by atoms with E-state index < -0.39 is 5.41 Å². The summed E-state index contributed by atoms with van der Waals surface area (Å²) in [5, 5.41) is 19.0. The molecule has 4 aromatic rings. The highest BCUT2D eigenvalue weighted by atomic mass is 127. The average molecular weight is 623 g/mol. The van der Waals surface area contributed by atoms with E-state index in [1.54, 1.807) is 12.3 Å². The van der Waals surface area contributed by atoms with E-state index in [2.05, 4.69) is 59.6 Å². The van der Waals surface area contributed by atoms with Gasteiger partial charge in [0, 0.05) is 28.3 Å². The molecule has 1 aliphatic carbocycles. The molecule has 0 aliphatic heterocycles. The SMILES string of the molecule is CC(=O)Nc1nc2cnc(Nc3cc(NC(=O)c4cccc(C5(C#N)CC5)c4CI)ccc3C)nc2s1. The first-order valence-electron chi connectivity index (χ1n) is 11.5. The molecule has 5 rings (SSSR count). The summed E-state index contributed by atoms with van der Waals surface area (Å²) in [6.45, 7) is 3.37. The van der Waals surface area contributed by atoms with Crippen LogP contribution in [0.25, 0.3) is 10.3 Å². The number of thiazole rings is 1. The van der Waals surface area contributed by atoms with E-state index in [1.807, 2.05) is 37.3 Å². The predicted molar refractivity (Wildman–Crippen MR) is 153 cm³/mol. The molecule has 1 fully saturated rings. The zero-order chi connectivity index (χ0) is 26.2. The highest BCUT2D eigenvalue weighted by Crippen LogP contribution is 2.49. The number of carbonyl (C=O) groups excluding carboxylic acids is 2. The molecule has 9 nitrogen and oxygen atoms in total. The molecular formula is C26H22IN7O2S. The molecule has 11 heteroatoms. The number of nitrogens with one attached hydrogen (secondary N) is 3. The molecule has 2 aromatic carbocycles. The summed E-state index contributed by atoms with van der Waals surface area (Å²) in [5.41, 5.74) is 4.90. The van der Waals surface area contributed by atoms with Crippen LogP contribution in [0.1, 0.15) is 46.8 Å². The molecular weight excluding hydrogens is 601 g/mol. The summed E-state index contributed by atoms with van der Waals surface area (Å²) in [6.07, 6.45) is 3.25. The lowest BCUT2D eigenvalue weighted by atomic mass is 9.90. The third-order valence-corrected chi connectivity index (χ3v) is 7.85. The summed E-state index contributed by atoms with van der Waals surface area (Å²) in [4.78, 5) is 38.4. The number of benzene rings is 2. The smallest absolute Gasteiger partial charge is 0.255 e. The predicted octanol–water partition coefficient (Wildman–Crippen LogP) is 5.84. The van der Waals surface area contributed by atoms with Gasteiger partial charge in [-0.15, -0.1) is 0 Å². The number of anilines is 4. The molecule has 2 aromatic heterocycles. The Balaban J connectivity index is 1.37. The lowest BCUT2D eigenvalue weighted by Gasteiger charge is -2.16. The molecule has 1 saturated carbocycles. The minimum Gasteiger partial charge on any atom is -0.324 e. The van der Waals surface area contributed by atoms with Crippen molar-refractivity contribution in [3.05, 3.63) is 64.8 Å². The fourth-order valence-corrected chi connectivity index (χ4v) is 5.79. The Hall–Kier alpha value is -3.63. The highest BCUT2D eigenvalue weighted by Gasteiger charge is 2.46. The summed E-state index contributed by atoms with van der Waals surface area (Å²) in [6, 6.07) is 13.6. The van der Waals surface area contributed by atoms with Crippen LogP contribution in [-0.4, -0.2) is 26.8 Å². The van der Waals surface area contributed by atoms with Crippen LogP contribution in [0.5, 0.6) is 0 Å². The van der Waals surface area contributed by atoms with Gasteiger partial charge >= 0.3 is 0 Å². The number of nitriles is 1. The van der Waals surface area contributed by atoms with Crippen molar-refractivity contribution >= 4 is 78.5 Å². The van der Waals surface area contributed by atoms with Crippen molar-refractivity contribution in [1.82, 2.24) is 15.0 Å². The van der Waals surface area contributed by atoms with Crippen LogP contribution >= 0.6 is 33.9 Å². The van der Waals surface area contributed by atoms with Crippen LogP contribution in [0.4, 0.5) is 22.5 Å². The van der Waals surface area contributed by atoms with Gasteiger partial charge in [0.15, 0.2) is 9.96 Å². The van der Waals surface area contributed by atoms with Gasteiger partial charge in [0.05, 0.1) is 17.7 Å². The van der Waals surface area contributed by atoms with E-state index in [9.17, 15) is 14.9 Å². The summed E-state index contributed by atoms with van der Waals surface area (Å²) in [5.74, 6) is -0.0394. The summed E-state index contributed by atoms with van der Waals surface area (Å²) < 4.78 is 0.641. The fourth-order valence-electron chi connectivity index (χ4n) is 4.11. The first kappa shape index (κ1) is 25.0. The van der Waals surface area contributed by atoms with Gasteiger partial charge in [-0.1, -0.05) is 52.1 Å². The quantitative estimate of drug-likeness (QED) is 0.174. The number of carbonyl (C=O) groups is 2. The molecule has 2 amide bonds. The second-order valence-corrected chi connectivity index (χ2v) is 10.6. The zero-order valence-corrected chi connectivity index (χ0v) is 23.0. The van der Waals surface area contributed by atoms with Gasteiger partial charge in [0.2, 0.25) is 11.9 Å². The number of rotatable bonds is 7. The average Bonchev–Trinajstić information content (AvgIpc) is 3.58. The number of nitrogens with zero attached hydrogens (tertiary/aromatic N) is 4. The number of fused-ring (bicyclic) bond motifs is 1. The first-order valence-corrected chi connectivity index (χ1v) is 13.9. The van der Waals surface area contributed by atoms with E-state index in [0.29, 0.717) is 37.1 Å². The van der Waals surface area contributed by atoms with Crippen LogP contribution in [0.3, 0.4) is 0 Å². The molecule has 0 unspecified atom stereocenters. The van der Waals surface area contributed by atoms with E-state index >= 15 is 0 Å². The minimum atomic E-state index is -0.459. The van der Waals surface area contributed by atoms with Crippen LogP contribution in [0.2, 0.25) is 0 Å². The molecule has 0 atom stereocenters. The maximum Gasteiger partial charge on any atom is 0.255 e. The minimum absolute atomic E-state index is 0.200. The number of aryl methyl sites for hydroxylation is 1. The summed E-state index contributed by atoms with van der Waals surface area (Å²) in [7, 11) is 0. The standard InChI is InChI=1S/C26H22IN7O2S/c1-14-6-7-16(31-22(36)17-4-3-5-19(18(17)11-27)26(13-28)8-9-26)10-20(14)32-24-29-12-21-23(34-24)37-25(33-21)30-15(2)35/h3-7,10,12H,8-9,11H2,1-2H3,(H,31,36)(H,29,32,34)(H,30,33,35). The monoisotopic (exact) mass is 623 g/mol. The van der Waals surface area contributed by atoms with Crippen molar-refractivity contribution in [3.63, 3.8) is 0 Å². The lowest BCUT2D eigenvalue weighted by Crippen LogP contribution is -2.17. The van der Waals surface area contributed by atoms with Gasteiger partial charge in [-0.3, -0.25) is 9.59 Å². The van der Waals surface area contributed by atoms with Crippen LogP contribution < -0.4 is 16.0 Å². The zero-order valence-electron chi connectivity index (χ0n) is 20.1. The van der Waals surface area contributed by atoms with Gasteiger partial charge in [-0.25, -0.2) is 9.97 Å². The van der Waals surface area contributed by atoms with Gasteiger partial charge in [-0.2, -0.15) is 10.2 Å². The molecule has 186 valence electrons. The Kier molecular flexibility index (Phi) is 6.78.